The van der Waals surface area contributed by atoms with Crippen LogP contribution in [0.15, 0.2) is 48.8 Å². The Labute approximate surface area is 205 Å². The van der Waals surface area contributed by atoms with Crippen LogP contribution >= 0.6 is 0 Å². The number of hydrogen-bond acceptors (Lipinski definition) is 4. The number of aryl methyl sites for hydroxylation is 2. The number of hydrogen-bond donors (Lipinski definition) is 0. The van der Waals surface area contributed by atoms with Gasteiger partial charge in [-0.2, -0.15) is 5.10 Å². The Morgan fingerprint density at radius 3 is 2.28 bits per heavy atom. The first-order valence-electron chi connectivity index (χ1n) is 11.0. The van der Waals surface area contributed by atoms with Gasteiger partial charge in [-0.15, -0.1) is 0 Å². The average molecular weight is 501 g/mol. The number of nitrogens with zero attached hydrogens (tertiary/aromatic N) is 6. The molecule has 0 saturated carbocycles. The zero-order valence-electron chi connectivity index (χ0n) is 20.1. The van der Waals surface area contributed by atoms with Crippen LogP contribution in [-0.2, 0) is 20.1 Å². The molecule has 0 radical (unpaired) electrons. The number of anilines is 1. The highest BCUT2D eigenvalue weighted by atomic mass is 19.2. The molecule has 0 bridgehead atoms. The molecule has 0 aliphatic heterocycles. The third-order valence-electron chi connectivity index (χ3n) is 5.79. The van der Waals surface area contributed by atoms with Gasteiger partial charge in [0.1, 0.15) is 28.8 Å². The molecule has 0 aliphatic rings. The SMILES string of the molecule is Cc1nn(C)cc1CN(C)C(=O)c1cnc(CN(C)c2c(F)ccc(F)c2F)n1-c1ccc(F)cc1. The number of carbonyl (C=O) groups is 1. The highest BCUT2D eigenvalue weighted by Crippen LogP contribution is 2.27. The summed E-state index contributed by atoms with van der Waals surface area (Å²) in [5.41, 5.74) is 1.66. The lowest BCUT2D eigenvalue weighted by Crippen LogP contribution is -2.29. The quantitative estimate of drug-likeness (QED) is 0.279. The second-order valence-electron chi connectivity index (χ2n) is 8.49. The molecule has 0 fully saturated rings. The van der Waals surface area contributed by atoms with Crippen LogP contribution in [0.2, 0.25) is 0 Å². The topological polar surface area (TPSA) is 59.2 Å². The van der Waals surface area contributed by atoms with Crippen molar-refractivity contribution in [1.29, 1.82) is 0 Å². The Morgan fingerprint density at radius 1 is 0.972 bits per heavy atom. The zero-order chi connectivity index (χ0) is 26.1. The molecule has 0 unspecified atom stereocenters. The van der Waals surface area contributed by atoms with Crippen molar-refractivity contribution in [3.8, 4) is 5.69 Å². The van der Waals surface area contributed by atoms with E-state index in [4.69, 9.17) is 0 Å². The van der Waals surface area contributed by atoms with Crippen molar-refractivity contribution in [3.05, 3.63) is 94.8 Å². The van der Waals surface area contributed by atoms with Gasteiger partial charge in [0.15, 0.2) is 11.6 Å². The smallest absolute Gasteiger partial charge is 0.272 e. The molecule has 36 heavy (non-hydrogen) atoms. The number of amides is 1. The number of rotatable bonds is 7. The summed E-state index contributed by atoms with van der Waals surface area (Å²) >= 11 is 0. The predicted octanol–water partition coefficient (Wildman–Crippen LogP) is 4.38. The average Bonchev–Trinajstić information content (AvgIpc) is 3.38. The minimum absolute atomic E-state index is 0.161. The summed E-state index contributed by atoms with van der Waals surface area (Å²) in [5, 5.41) is 4.29. The molecule has 4 aromatic rings. The number of aromatic nitrogens is 4. The summed E-state index contributed by atoms with van der Waals surface area (Å²) in [5.74, 6) is -4.09. The number of carbonyl (C=O) groups excluding carboxylic acids is 1. The van der Waals surface area contributed by atoms with Crippen molar-refractivity contribution in [3.63, 3.8) is 0 Å². The fourth-order valence-corrected chi connectivity index (χ4v) is 4.02. The highest BCUT2D eigenvalue weighted by Gasteiger charge is 2.25. The van der Waals surface area contributed by atoms with Crippen molar-refractivity contribution in [2.24, 2.45) is 7.05 Å². The second kappa shape index (κ2) is 9.84. The first-order chi connectivity index (χ1) is 17.1. The second-order valence-corrected chi connectivity index (χ2v) is 8.49. The number of benzene rings is 2. The number of halogens is 4. The van der Waals surface area contributed by atoms with E-state index in [0.29, 0.717) is 11.8 Å². The van der Waals surface area contributed by atoms with Crippen molar-refractivity contribution >= 4 is 11.6 Å². The van der Waals surface area contributed by atoms with E-state index >= 15 is 0 Å². The van der Waals surface area contributed by atoms with E-state index in [-0.39, 0.29) is 30.5 Å². The number of imidazole rings is 1. The van der Waals surface area contributed by atoms with Gasteiger partial charge in [-0.05, 0) is 43.3 Å². The molecule has 2 aromatic heterocycles. The van der Waals surface area contributed by atoms with E-state index in [1.807, 2.05) is 13.1 Å². The first-order valence-corrected chi connectivity index (χ1v) is 11.0. The fraction of sp³-hybridized carbons (Fsp3) is 0.240. The first kappa shape index (κ1) is 25.0. The van der Waals surface area contributed by atoms with Gasteiger partial charge in [0.2, 0.25) is 0 Å². The van der Waals surface area contributed by atoms with E-state index in [1.54, 1.807) is 18.8 Å². The van der Waals surface area contributed by atoms with E-state index in [9.17, 15) is 22.4 Å². The van der Waals surface area contributed by atoms with Crippen LogP contribution in [-0.4, -0.2) is 44.2 Å². The van der Waals surface area contributed by atoms with E-state index in [1.165, 1.54) is 47.0 Å². The molecular formula is C25H24F4N6O. The molecule has 7 nitrogen and oxygen atoms in total. The minimum atomic E-state index is -1.33. The predicted molar refractivity (Wildman–Crippen MR) is 126 cm³/mol. The zero-order valence-corrected chi connectivity index (χ0v) is 20.1. The molecule has 0 N–H and O–H groups in total. The summed E-state index contributed by atoms with van der Waals surface area (Å²) in [6.45, 7) is 1.95. The summed E-state index contributed by atoms with van der Waals surface area (Å²) in [4.78, 5) is 20.4. The molecule has 188 valence electrons. The molecule has 4 rings (SSSR count). The molecule has 11 heteroatoms. The fourth-order valence-electron chi connectivity index (χ4n) is 4.02. The van der Waals surface area contributed by atoms with Crippen LogP contribution in [0.4, 0.5) is 23.2 Å². The van der Waals surface area contributed by atoms with Crippen LogP contribution in [0.3, 0.4) is 0 Å². The lowest BCUT2D eigenvalue weighted by atomic mass is 10.2. The van der Waals surface area contributed by atoms with Gasteiger partial charge < -0.3 is 9.80 Å². The summed E-state index contributed by atoms with van der Waals surface area (Å²) < 4.78 is 59.3. The molecule has 0 atom stereocenters. The Bertz CT molecular complexity index is 1410. The van der Waals surface area contributed by atoms with E-state index < -0.39 is 29.0 Å². The largest absolute Gasteiger partial charge is 0.362 e. The highest BCUT2D eigenvalue weighted by molar-refractivity contribution is 5.93. The molecule has 1 amide bonds. The molecule has 0 aliphatic carbocycles. The molecule has 2 heterocycles. The van der Waals surface area contributed by atoms with Gasteiger partial charge in [0.25, 0.3) is 5.91 Å². The van der Waals surface area contributed by atoms with Gasteiger partial charge in [-0.25, -0.2) is 22.5 Å². The van der Waals surface area contributed by atoms with Gasteiger partial charge in [-0.1, -0.05) is 0 Å². The van der Waals surface area contributed by atoms with Gasteiger partial charge in [0.05, 0.1) is 18.4 Å². The van der Waals surface area contributed by atoms with Crippen molar-refractivity contribution in [1.82, 2.24) is 24.2 Å². The Balaban J connectivity index is 1.71. The summed E-state index contributed by atoms with van der Waals surface area (Å²) in [6, 6.07) is 6.92. The van der Waals surface area contributed by atoms with Crippen LogP contribution in [0.5, 0.6) is 0 Å². The van der Waals surface area contributed by atoms with Crippen molar-refractivity contribution in [2.75, 3.05) is 19.0 Å². The van der Waals surface area contributed by atoms with Gasteiger partial charge >= 0.3 is 0 Å². The standard InChI is InChI=1S/C25H24F4N6O/c1-15-16(13-34(4)31-15)12-33(3)25(36)21-11-30-22(35(21)18-7-5-17(26)6-8-18)14-32(2)24-20(28)10-9-19(27)23(24)29/h5-11,13H,12,14H2,1-4H3. The van der Waals surface area contributed by atoms with Crippen molar-refractivity contribution in [2.45, 2.75) is 20.0 Å². The summed E-state index contributed by atoms with van der Waals surface area (Å²) in [6.07, 6.45) is 3.17. The van der Waals surface area contributed by atoms with E-state index in [0.717, 1.165) is 22.2 Å². The van der Waals surface area contributed by atoms with Crippen molar-refractivity contribution < 1.29 is 22.4 Å². The van der Waals surface area contributed by atoms with E-state index in [2.05, 4.69) is 10.1 Å². The Morgan fingerprint density at radius 2 is 1.64 bits per heavy atom. The maximum atomic E-state index is 14.4. The molecule has 0 saturated heterocycles. The molecular weight excluding hydrogens is 476 g/mol. The van der Waals surface area contributed by atoms with Gasteiger partial charge in [-0.3, -0.25) is 14.0 Å². The third-order valence-corrected chi connectivity index (χ3v) is 5.79. The van der Waals surface area contributed by atoms with Crippen LogP contribution in [0.1, 0.15) is 27.6 Å². The normalized spacial score (nSPS) is 11.1. The maximum Gasteiger partial charge on any atom is 0.272 e. The third kappa shape index (κ3) is 4.81. The van der Waals surface area contributed by atoms with Crippen LogP contribution in [0.25, 0.3) is 5.69 Å². The molecule has 0 spiro atoms. The van der Waals surface area contributed by atoms with Crippen LogP contribution < -0.4 is 4.90 Å². The lowest BCUT2D eigenvalue weighted by molar-refractivity contribution is 0.0776. The molecule has 2 aromatic carbocycles. The monoisotopic (exact) mass is 500 g/mol. The van der Waals surface area contributed by atoms with Crippen LogP contribution in [0, 0.1) is 30.2 Å². The Kier molecular flexibility index (Phi) is 6.82. The minimum Gasteiger partial charge on any atom is -0.362 e. The maximum absolute atomic E-state index is 14.4. The van der Waals surface area contributed by atoms with Gasteiger partial charge in [0, 0.05) is 45.1 Å². The summed E-state index contributed by atoms with van der Waals surface area (Å²) in [7, 11) is 4.79. The Hall–Kier alpha value is -4.15. The lowest BCUT2D eigenvalue weighted by Gasteiger charge is -2.22.